The number of benzene rings is 1. The van der Waals surface area contributed by atoms with Gasteiger partial charge in [-0.1, -0.05) is 23.7 Å². The van der Waals surface area contributed by atoms with Crippen LogP contribution in [0, 0.1) is 0 Å². The van der Waals surface area contributed by atoms with Crippen LogP contribution in [0.2, 0.25) is 5.02 Å². The normalized spacial score (nSPS) is 15.6. The van der Waals surface area contributed by atoms with Gasteiger partial charge in [-0.25, -0.2) is 14.6 Å². The molecule has 1 aromatic carbocycles. The lowest BCUT2D eigenvalue weighted by Gasteiger charge is -2.25. The van der Waals surface area contributed by atoms with Crippen molar-refractivity contribution in [2.24, 2.45) is 0 Å². The van der Waals surface area contributed by atoms with Crippen molar-refractivity contribution in [1.82, 2.24) is 15.6 Å². The summed E-state index contributed by atoms with van der Waals surface area (Å²) < 4.78 is 5.34. The Labute approximate surface area is 163 Å². The third-order valence-corrected chi connectivity index (χ3v) is 4.42. The molecule has 0 radical (unpaired) electrons. The van der Waals surface area contributed by atoms with Gasteiger partial charge in [0.05, 0.1) is 16.6 Å². The molecule has 1 aliphatic rings. The first-order valence-corrected chi connectivity index (χ1v) is 9.17. The molecule has 0 saturated carbocycles. The number of rotatable bonds is 3. The summed E-state index contributed by atoms with van der Waals surface area (Å²) in [6.07, 6.45) is -0.530. The highest BCUT2D eigenvalue weighted by molar-refractivity contribution is 6.35. The van der Waals surface area contributed by atoms with Gasteiger partial charge in [-0.05, 0) is 39.8 Å². The number of nitrogens with one attached hydrogen (secondary N) is 2. The number of anilines is 1. The van der Waals surface area contributed by atoms with Gasteiger partial charge in [0.2, 0.25) is 0 Å². The monoisotopic (exact) mass is 390 g/mol. The van der Waals surface area contributed by atoms with E-state index < -0.39 is 17.7 Å². The van der Waals surface area contributed by atoms with Crippen molar-refractivity contribution in [3.8, 4) is 0 Å². The first kappa shape index (κ1) is 19.2. The van der Waals surface area contributed by atoms with Crippen LogP contribution in [0.15, 0.2) is 24.3 Å². The standard InChI is InChI=1S/C19H23ClN4O3/c1-11(22-18(26)27-19(2,3)4)13-10-12-6-5-7-14(20)15(12)23-16(13)24-9-8-21-17(24)25/h5-7,10-11H,8-9H2,1-4H3,(H,21,25)(H,22,26). The second-order valence-electron chi connectivity index (χ2n) is 7.46. The molecule has 2 aromatic rings. The lowest BCUT2D eigenvalue weighted by molar-refractivity contribution is 0.0508. The number of hydrogen-bond acceptors (Lipinski definition) is 4. The highest BCUT2D eigenvalue weighted by atomic mass is 35.5. The van der Waals surface area contributed by atoms with Crippen LogP contribution < -0.4 is 15.5 Å². The van der Waals surface area contributed by atoms with E-state index in [1.807, 2.05) is 25.1 Å². The van der Waals surface area contributed by atoms with E-state index in [4.69, 9.17) is 16.3 Å². The van der Waals surface area contributed by atoms with Crippen LogP contribution in [0.1, 0.15) is 39.3 Å². The molecule has 0 spiro atoms. The smallest absolute Gasteiger partial charge is 0.408 e. The molecule has 1 atom stereocenters. The molecule has 1 aromatic heterocycles. The van der Waals surface area contributed by atoms with Crippen LogP contribution in [0.4, 0.5) is 15.4 Å². The van der Waals surface area contributed by atoms with Crippen LogP contribution >= 0.6 is 11.6 Å². The van der Waals surface area contributed by atoms with E-state index in [-0.39, 0.29) is 6.03 Å². The molecule has 1 fully saturated rings. The Morgan fingerprint density at radius 2 is 2.15 bits per heavy atom. The number of hydrogen-bond donors (Lipinski definition) is 2. The van der Waals surface area contributed by atoms with E-state index >= 15 is 0 Å². The highest BCUT2D eigenvalue weighted by Gasteiger charge is 2.28. The third kappa shape index (κ3) is 4.24. The average molecular weight is 391 g/mol. The number of pyridine rings is 1. The lowest BCUT2D eigenvalue weighted by Crippen LogP contribution is -2.35. The van der Waals surface area contributed by atoms with Crippen LogP contribution in [0.5, 0.6) is 0 Å². The summed E-state index contributed by atoms with van der Waals surface area (Å²) in [6, 6.07) is 6.75. The Kier molecular flexibility index (Phi) is 5.15. The van der Waals surface area contributed by atoms with Crippen molar-refractivity contribution in [3.05, 3.63) is 34.9 Å². The van der Waals surface area contributed by atoms with Crippen LogP contribution in [-0.2, 0) is 4.74 Å². The van der Waals surface area contributed by atoms with Gasteiger partial charge in [0, 0.05) is 24.0 Å². The molecule has 1 saturated heterocycles. The van der Waals surface area contributed by atoms with Gasteiger partial charge >= 0.3 is 12.1 Å². The minimum atomic E-state index is -0.601. The number of urea groups is 1. The molecule has 7 nitrogen and oxygen atoms in total. The Hall–Kier alpha value is -2.54. The van der Waals surface area contributed by atoms with Crippen molar-refractivity contribution in [2.45, 2.75) is 39.3 Å². The van der Waals surface area contributed by atoms with Gasteiger partial charge in [0.25, 0.3) is 0 Å². The maximum Gasteiger partial charge on any atom is 0.408 e. The summed E-state index contributed by atoms with van der Waals surface area (Å²) in [4.78, 5) is 30.6. The molecule has 1 aliphatic heterocycles. The lowest BCUT2D eigenvalue weighted by atomic mass is 10.1. The van der Waals surface area contributed by atoms with Crippen LogP contribution in [0.25, 0.3) is 10.9 Å². The number of amides is 3. The number of aromatic nitrogens is 1. The van der Waals surface area contributed by atoms with Crippen molar-refractivity contribution >= 4 is 40.4 Å². The third-order valence-electron chi connectivity index (χ3n) is 4.12. The first-order valence-electron chi connectivity index (χ1n) is 8.80. The molecule has 3 amide bonds. The second kappa shape index (κ2) is 7.23. The molecule has 3 rings (SSSR count). The summed E-state index contributed by atoms with van der Waals surface area (Å²) in [7, 11) is 0. The molecular formula is C19H23ClN4O3. The largest absolute Gasteiger partial charge is 0.444 e. The van der Waals surface area contributed by atoms with Gasteiger partial charge in [0.1, 0.15) is 11.4 Å². The van der Waals surface area contributed by atoms with Crippen molar-refractivity contribution in [2.75, 3.05) is 18.0 Å². The quantitative estimate of drug-likeness (QED) is 0.829. The average Bonchev–Trinajstić information content (AvgIpc) is 2.98. The van der Waals surface area contributed by atoms with Crippen molar-refractivity contribution < 1.29 is 14.3 Å². The van der Waals surface area contributed by atoms with Crippen molar-refractivity contribution in [3.63, 3.8) is 0 Å². The zero-order valence-corrected chi connectivity index (χ0v) is 16.6. The number of halogens is 1. The Morgan fingerprint density at radius 3 is 2.78 bits per heavy atom. The molecule has 2 N–H and O–H groups in total. The zero-order chi connectivity index (χ0) is 19.8. The Balaban J connectivity index is 2.01. The summed E-state index contributed by atoms with van der Waals surface area (Å²) in [5.41, 5.74) is 0.728. The van der Waals surface area contributed by atoms with E-state index in [1.54, 1.807) is 31.7 Å². The second-order valence-corrected chi connectivity index (χ2v) is 7.87. The number of para-hydroxylation sites is 1. The molecule has 2 heterocycles. The zero-order valence-electron chi connectivity index (χ0n) is 15.8. The number of nitrogens with zero attached hydrogens (tertiary/aromatic N) is 2. The fourth-order valence-electron chi connectivity index (χ4n) is 2.94. The van der Waals surface area contributed by atoms with E-state index in [0.29, 0.717) is 35.0 Å². The van der Waals surface area contributed by atoms with Gasteiger partial charge in [-0.2, -0.15) is 0 Å². The molecule has 27 heavy (non-hydrogen) atoms. The maximum atomic E-state index is 12.2. The van der Waals surface area contributed by atoms with Gasteiger partial charge in [-0.15, -0.1) is 0 Å². The van der Waals surface area contributed by atoms with Gasteiger partial charge in [0.15, 0.2) is 0 Å². The summed E-state index contributed by atoms with van der Waals surface area (Å²) in [5, 5.41) is 6.93. The van der Waals surface area contributed by atoms with Gasteiger partial charge < -0.3 is 15.4 Å². The van der Waals surface area contributed by atoms with E-state index in [1.165, 1.54) is 0 Å². The predicted molar refractivity (Wildman–Crippen MR) is 105 cm³/mol. The minimum absolute atomic E-state index is 0.223. The number of alkyl carbamates (subject to hydrolysis) is 1. The Morgan fingerprint density at radius 1 is 1.41 bits per heavy atom. The maximum absolute atomic E-state index is 12.2. The fourth-order valence-corrected chi connectivity index (χ4v) is 3.16. The predicted octanol–water partition coefficient (Wildman–Crippen LogP) is 4.00. The number of ether oxygens (including phenoxy) is 1. The van der Waals surface area contributed by atoms with Crippen LogP contribution in [-0.4, -0.2) is 35.8 Å². The summed E-state index contributed by atoms with van der Waals surface area (Å²) in [6.45, 7) is 8.27. The number of carbonyl (C=O) groups excluding carboxylic acids is 2. The van der Waals surface area contributed by atoms with E-state index in [2.05, 4.69) is 15.6 Å². The van der Waals surface area contributed by atoms with E-state index in [9.17, 15) is 9.59 Å². The topological polar surface area (TPSA) is 83.6 Å². The van der Waals surface area contributed by atoms with Crippen molar-refractivity contribution in [1.29, 1.82) is 0 Å². The van der Waals surface area contributed by atoms with Gasteiger partial charge in [-0.3, -0.25) is 4.90 Å². The SMILES string of the molecule is CC(NC(=O)OC(C)(C)C)c1cc2cccc(Cl)c2nc1N1CCNC1=O. The Bertz CT molecular complexity index is 894. The number of carbonyl (C=O) groups is 2. The minimum Gasteiger partial charge on any atom is -0.444 e. The summed E-state index contributed by atoms with van der Waals surface area (Å²) >= 11 is 6.29. The van der Waals surface area contributed by atoms with E-state index in [0.717, 1.165) is 5.39 Å². The molecule has 144 valence electrons. The highest BCUT2D eigenvalue weighted by Crippen LogP contribution is 2.32. The van der Waals surface area contributed by atoms with Crippen LogP contribution in [0.3, 0.4) is 0 Å². The molecular weight excluding hydrogens is 368 g/mol. The number of fused-ring (bicyclic) bond motifs is 1. The first-order chi connectivity index (χ1) is 12.7. The fraction of sp³-hybridized carbons (Fsp3) is 0.421. The molecule has 8 heteroatoms. The summed E-state index contributed by atoms with van der Waals surface area (Å²) in [5.74, 6) is 0.481. The molecule has 0 bridgehead atoms. The molecule has 0 aliphatic carbocycles. The molecule has 1 unspecified atom stereocenters.